The predicted octanol–water partition coefficient (Wildman–Crippen LogP) is 1.90. The normalized spacial score (nSPS) is 12.3. The monoisotopic (exact) mass is 248 g/mol. The largest absolute Gasteiger partial charge is 0.490 e. The van der Waals surface area contributed by atoms with Gasteiger partial charge in [0.1, 0.15) is 12.4 Å². The standard InChI is InChI=1S/C12H12N2O4/c1-8(15)7-18-11-5-4-10(14(16)17)12-9(11)3-2-6-13-12/h2-6,8,15H,7H2,1H3/t8-/m0/s1. The molecule has 1 aromatic heterocycles. The lowest BCUT2D eigenvalue weighted by atomic mass is 10.1. The van der Waals surface area contributed by atoms with Crippen LogP contribution < -0.4 is 4.74 Å². The van der Waals surface area contributed by atoms with Crippen molar-refractivity contribution in [2.75, 3.05) is 6.61 Å². The summed E-state index contributed by atoms with van der Waals surface area (Å²) < 4.78 is 5.40. The Balaban J connectivity index is 2.50. The Bertz CT molecular complexity index is 583. The van der Waals surface area contributed by atoms with Gasteiger partial charge in [0.05, 0.1) is 11.0 Å². The van der Waals surface area contributed by atoms with Gasteiger partial charge in [-0.3, -0.25) is 10.1 Å². The van der Waals surface area contributed by atoms with Gasteiger partial charge in [0.2, 0.25) is 0 Å². The molecule has 0 aliphatic rings. The summed E-state index contributed by atoms with van der Waals surface area (Å²) in [5.74, 6) is 0.476. The van der Waals surface area contributed by atoms with Crippen molar-refractivity contribution in [2.24, 2.45) is 0 Å². The molecule has 0 radical (unpaired) electrons. The van der Waals surface area contributed by atoms with Crippen molar-refractivity contribution < 1.29 is 14.8 Å². The average molecular weight is 248 g/mol. The van der Waals surface area contributed by atoms with Gasteiger partial charge in [-0.15, -0.1) is 0 Å². The van der Waals surface area contributed by atoms with E-state index in [1.165, 1.54) is 18.3 Å². The van der Waals surface area contributed by atoms with Crippen LogP contribution in [0.15, 0.2) is 30.5 Å². The molecule has 1 aromatic carbocycles. The summed E-state index contributed by atoms with van der Waals surface area (Å²) in [5.41, 5.74) is 0.223. The van der Waals surface area contributed by atoms with Crippen molar-refractivity contribution in [1.29, 1.82) is 0 Å². The van der Waals surface area contributed by atoms with Crippen molar-refractivity contribution in [3.8, 4) is 5.75 Å². The first-order chi connectivity index (χ1) is 8.59. The number of aromatic nitrogens is 1. The zero-order valence-corrected chi connectivity index (χ0v) is 9.74. The van der Waals surface area contributed by atoms with Gasteiger partial charge in [-0.1, -0.05) is 0 Å². The quantitative estimate of drug-likeness (QED) is 0.659. The third-order valence-corrected chi connectivity index (χ3v) is 2.39. The summed E-state index contributed by atoms with van der Waals surface area (Å²) in [6, 6.07) is 6.26. The van der Waals surface area contributed by atoms with Gasteiger partial charge in [-0.2, -0.15) is 0 Å². The number of nitro groups is 1. The van der Waals surface area contributed by atoms with Gasteiger partial charge in [-0.25, -0.2) is 4.98 Å². The number of pyridine rings is 1. The number of nitro benzene ring substituents is 1. The van der Waals surface area contributed by atoms with Crippen LogP contribution in [0.2, 0.25) is 0 Å². The van der Waals surface area contributed by atoms with Crippen LogP contribution in [0.3, 0.4) is 0 Å². The van der Waals surface area contributed by atoms with Crippen LogP contribution in [0.25, 0.3) is 10.9 Å². The number of hydrogen-bond acceptors (Lipinski definition) is 5. The molecule has 0 bridgehead atoms. The fourth-order valence-corrected chi connectivity index (χ4v) is 1.62. The van der Waals surface area contributed by atoms with Crippen LogP contribution in [0.4, 0.5) is 5.69 Å². The predicted molar refractivity (Wildman–Crippen MR) is 65.6 cm³/mol. The Labute approximate surface area is 103 Å². The zero-order valence-electron chi connectivity index (χ0n) is 9.74. The van der Waals surface area contributed by atoms with Crippen molar-refractivity contribution in [3.05, 3.63) is 40.6 Å². The second-order valence-corrected chi connectivity index (χ2v) is 3.90. The highest BCUT2D eigenvalue weighted by atomic mass is 16.6. The molecule has 0 unspecified atom stereocenters. The van der Waals surface area contributed by atoms with E-state index in [4.69, 9.17) is 4.74 Å². The van der Waals surface area contributed by atoms with Gasteiger partial charge in [-0.05, 0) is 25.1 Å². The molecule has 18 heavy (non-hydrogen) atoms. The summed E-state index contributed by atoms with van der Waals surface area (Å²) >= 11 is 0. The first-order valence-electron chi connectivity index (χ1n) is 5.42. The number of hydrogen-bond donors (Lipinski definition) is 1. The fraction of sp³-hybridized carbons (Fsp3) is 0.250. The number of aliphatic hydroxyl groups is 1. The molecule has 2 aromatic rings. The van der Waals surface area contributed by atoms with E-state index < -0.39 is 11.0 Å². The SMILES string of the molecule is C[C@H](O)COc1ccc([N+](=O)[O-])c2ncccc12. The molecule has 0 saturated heterocycles. The Morgan fingerprint density at radius 2 is 2.28 bits per heavy atom. The molecular formula is C12H12N2O4. The van der Waals surface area contributed by atoms with Crippen molar-refractivity contribution in [2.45, 2.75) is 13.0 Å². The Morgan fingerprint density at radius 3 is 2.94 bits per heavy atom. The summed E-state index contributed by atoms with van der Waals surface area (Å²) in [4.78, 5) is 14.4. The van der Waals surface area contributed by atoms with E-state index in [0.717, 1.165) is 0 Å². The van der Waals surface area contributed by atoms with Crippen molar-refractivity contribution >= 4 is 16.6 Å². The number of non-ortho nitro benzene ring substituents is 1. The van der Waals surface area contributed by atoms with Gasteiger partial charge < -0.3 is 9.84 Å². The summed E-state index contributed by atoms with van der Waals surface area (Å²) in [6.07, 6.45) is 0.889. The zero-order chi connectivity index (χ0) is 13.1. The third kappa shape index (κ3) is 2.38. The minimum atomic E-state index is -0.605. The Morgan fingerprint density at radius 1 is 1.50 bits per heavy atom. The number of ether oxygens (including phenoxy) is 1. The van der Waals surface area contributed by atoms with Gasteiger partial charge in [0.25, 0.3) is 5.69 Å². The fourth-order valence-electron chi connectivity index (χ4n) is 1.62. The lowest BCUT2D eigenvalue weighted by Gasteiger charge is -2.10. The molecule has 94 valence electrons. The molecule has 0 spiro atoms. The minimum Gasteiger partial charge on any atom is -0.490 e. The molecule has 1 N–H and O–H groups in total. The van der Waals surface area contributed by atoms with Crippen LogP contribution in [-0.2, 0) is 0 Å². The maximum absolute atomic E-state index is 10.9. The highest BCUT2D eigenvalue weighted by Gasteiger charge is 2.16. The van der Waals surface area contributed by atoms with Crippen LogP contribution >= 0.6 is 0 Å². The molecule has 2 rings (SSSR count). The van der Waals surface area contributed by atoms with E-state index in [1.807, 2.05) is 0 Å². The first-order valence-corrected chi connectivity index (χ1v) is 5.42. The molecule has 6 nitrogen and oxygen atoms in total. The maximum Gasteiger partial charge on any atom is 0.295 e. The molecule has 6 heteroatoms. The third-order valence-electron chi connectivity index (χ3n) is 2.39. The number of rotatable bonds is 4. The molecule has 0 aliphatic carbocycles. The van der Waals surface area contributed by atoms with E-state index >= 15 is 0 Å². The first kappa shape index (κ1) is 12.3. The lowest BCUT2D eigenvalue weighted by molar-refractivity contribution is -0.383. The summed E-state index contributed by atoms with van der Waals surface area (Å²) in [6.45, 7) is 1.73. The smallest absolute Gasteiger partial charge is 0.295 e. The van der Waals surface area contributed by atoms with E-state index in [-0.39, 0.29) is 17.8 Å². The number of benzene rings is 1. The van der Waals surface area contributed by atoms with E-state index in [0.29, 0.717) is 11.1 Å². The Kier molecular flexibility index (Phi) is 3.38. The van der Waals surface area contributed by atoms with Crippen molar-refractivity contribution in [1.82, 2.24) is 4.98 Å². The lowest BCUT2D eigenvalue weighted by Crippen LogP contribution is -2.13. The average Bonchev–Trinajstić information content (AvgIpc) is 2.35. The second kappa shape index (κ2) is 4.97. The minimum absolute atomic E-state index is 0.0602. The molecular weight excluding hydrogens is 236 g/mol. The molecule has 1 heterocycles. The molecule has 1 atom stereocenters. The van der Waals surface area contributed by atoms with Gasteiger partial charge in [0, 0.05) is 17.6 Å². The second-order valence-electron chi connectivity index (χ2n) is 3.90. The van der Waals surface area contributed by atoms with Crippen LogP contribution in [-0.4, -0.2) is 27.7 Å². The number of aliphatic hydroxyl groups excluding tert-OH is 1. The molecule has 0 saturated carbocycles. The van der Waals surface area contributed by atoms with Gasteiger partial charge in [0.15, 0.2) is 5.52 Å². The summed E-state index contributed by atoms with van der Waals surface area (Å²) in [7, 11) is 0. The molecule has 0 fully saturated rings. The number of nitrogens with zero attached hydrogens (tertiary/aromatic N) is 2. The van der Waals surface area contributed by atoms with Crippen LogP contribution in [0, 0.1) is 10.1 Å². The van der Waals surface area contributed by atoms with Crippen molar-refractivity contribution in [3.63, 3.8) is 0 Å². The highest BCUT2D eigenvalue weighted by Crippen LogP contribution is 2.31. The van der Waals surface area contributed by atoms with Crippen LogP contribution in [0.5, 0.6) is 5.75 Å². The van der Waals surface area contributed by atoms with E-state index in [2.05, 4.69) is 4.98 Å². The summed E-state index contributed by atoms with van der Waals surface area (Å²) in [5, 5.41) is 20.6. The molecule has 0 aliphatic heterocycles. The topological polar surface area (TPSA) is 85.5 Å². The van der Waals surface area contributed by atoms with Gasteiger partial charge >= 0.3 is 0 Å². The highest BCUT2D eigenvalue weighted by molar-refractivity contribution is 5.91. The van der Waals surface area contributed by atoms with E-state index in [9.17, 15) is 15.2 Å². The van der Waals surface area contributed by atoms with E-state index in [1.54, 1.807) is 19.1 Å². The Hall–Kier alpha value is -2.21. The maximum atomic E-state index is 10.9. The molecule has 0 amide bonds. The number of fused-ring (bicyclic) bond motifs is 1. The van der Waals surface area contributed by atoms with Crippen LogP contribution in [0.1, 0.15) is 6.92 Å².